The number of aliphatic imine (C=N–C) groups is 2. The largest absolute Gasteiger partial charge is 0.508 e. The van der Waals surface area contributed by atoms with Crippen molar-refractivity contribution in [2.75, 3.05) is 13.2 Å². The average molecular weight is 390 g/mol. The van der Waals surface area contributed by atoms with Crippen LogP contribution in [0.25, 0.3) is 0 Å². The maximum absolute atomic E-state index is 10.3. The summed E-state index contributed by atoms with van der Waals surface area (Å²) in [7, 11) is 0. The topological polar surface area (TPSA) is 130 Å². The van der Waals surface area contributed by atoms with Crippen LogP contribution in [-0.2, 0) is 11.3 Å². The lowest BCUT2D eigenvalue weighted by Gasteiger charge is -2.26. The highest BCUT2D eigenvalue weighted by molar-refractivity contribution is 6.09. The van der Waals surface area contributed by atoms with E-state index in [1.807, 2.05) is 26.0 Å². The molecule has 3 rings (SSSR count). The summed E-state index contributed by atoms with van der Waals surface area (Å²) in [6.45, 7) is 4.41. The Bertz CT molecular complexity index is 777. The molecule has 1 aromatic carbocycles. The van der Waals surface area contributed by atoms with Crippen LogP contribution in [0.3, 0.4) is 0 Å². The number of benzene rings is 1. The fourth-order valence-corrected chi connectivity index (χ4v) is 3.15. The summed E-state index contributed by atoms with van der Waals surface area (Å²) in [4.78, 5) is 10.5. The number of allylic oxidation sites excluding steroid dienone is 1. The number of aliphatic hydroxyl groups excluding tert-OH is 3. The molecule has 0 amide bonds. The quantitative estimate of drug-likeness (QED) is 0.459. The first-order valence-electron chi connectivity index (χ1n) is 9.18. The van der Waals surface area contributed by atoms with Gasteiger partial charge in [-0.25, -0.2) is 4.99 Å². The Balaban J connectivity index is 1.77. The number of hydrogen-bond donors (Lipinski definition) is 5. The van der Waals surface area contributed by atoms with E-state index < -0.39 is 31.1 Å². The van der Waals surface area contributed by atoms with Gasteiger partial charge in [-0.1, -0.05) is 12.1 Å². The van der Waals surface area contributed by atoms with Crippen LogP contribution in [0.5, 0.6) is 5.75 Å². The maximum Gasteiger partial charge on any atom is 0.165 e. The predicted molar refractivity (Wildman–Crippen MR) is 104 cm³/mol. The molecular weight excluding hydrogens is 364 g/mol. The first-order chi connectivity index (χ1) is 13.5. The monoisotopic (exact) mass is 390 g/mol. The fraction of sp³-hybridized carbons (Fsp3) is 0.474. The average Bonchev–Trinajstić information content (AvgIpc) is 3.23. The number of aliphatic hydroxyl groups is 3. The van der Waals surface area contributed by atoms with Gasteiger partial charge in [0.05, 0.1) is 12.9 Å². The van der Waals surface area contributed by atoms with Crippen LogP contribution in [-0.4, -0.2) is 75.2 Å². The Morgan fingerprint density at radius 2 is 1.96 bits per heavy atom. The Hall–Kier alpha value is -2.46. The molecule has 4 atom stereocenters. The number of phenolic OH excluding ortho intramolecular Hbond substituents is 1. The zero-order valence-electron chi connectivity index (χ0n) is 15.9. The highest BCUT2D eigenvalue weighted by atomic mass is 16.6. The van der Waals surface area contributed by atoms with Crippen molar-refractivity contribution >= 4 is 12.2 Å². The van der Waals surface area contributed by atoms with E-state index in [4.69, 9.17) is 4.74 Å². The third kappa shape index (κ3) is 4.02. The standard InChI is InChI=1S/C19H26N4O5/c1-3-20-18-15(11(2)21-8-12-4-6-13(25)7-5-12)22-10-23(18)19-17(27)16(26)14(9-24)28-19/h4-7,10,14,16-17,19,21,24-27H,3,8-9H2,1-2H3/b15-11-,20-18+/t14-,16?,17?,19-/m1/s1. The van der Waals surface area contributed by atoms with E-state index in [1.165, 1.54) is 6.34 Å². The van der Waals surface area contributed by atoms with Gasteiger partial charge in [0.2, 0.25) is 0 Å². The lowest BCUT2D eigenvalue weighted by molar-refractivity contribution is -0.0507. The van der Waals surface area contributed by atoms with Crippen LogP contribution in [0, 0.1) is 0 Å². The Morgan fingerprint density at radius 3 is 2.57 bits per heavy atom. The van der Waals surface area contributed by atoms with E-state index in [0.717, 1.165) is 11.3 Å². The molecule has 9 nitrogen and oxygen atoms in total. The molecule has 9 heteroatoms. The van der Waals surface area contributed by atoms with Crippen LogP contribution >= 0.6 is 0 Å². The van der Waals surface area contributed by atoms with E-state index in [1.54, 1.807) is 17.0 Å². The van der Waals surface area contributed by atoms with Gasteiger partial charge in [0, 0.05) is 18.8 Å². The number of phenols is 1. The highest BCUT2D eigenvalue weighted by Crippen LogP contribution is 2.28. The van der Waals surface area contributed by atoms with E-state index in [0.29, 0.717) is 24.6 Å². The number of aromatic hydroxyl groups is 1. The lowest BCUT2D eigenvalue weighted by Crippen LogP contribution is -2.45. The zero-order valence-corrected chi connectivity index (χ0v) is 15.9. The molecule has 0 bridgehead atoms. The Kier molecular flexibility index (Phi) is 6.30. The number of nitrogens with zero attached hydrogens (tertiary/aromatic N) is 3. The number of ether oxygens (including phenoxy) is 1. The van der Waals surface area contributed by atoms with Gasteiger partial charge in [0.15, 0.2) is 12.1 Å². The zero-order chi connectivity index (χ0) is 20.3. The van der Waals surface area contributed by atoms with Crippen molar-refractivity contribution in [2.24, 2.45) is 9.98 Å². The summed E-state index contributed by atoms with van der Waals surface area (Å²) in [6, 6.07) is 6.90. The minimum absolute atomic E-state index is 0.214. The van der Waals surface area contributed by atoms with Crippen LogP contribution in [0.1, 0.15) is 19.4 Å². The van der Waals surface area contributed by atoms with E-state index in [9.17, 15) is 20.4 Å². The van der Waals surface area contributed by atoms with Gasteiger partial charge >= 0.3 is 0 Å². The Labute approximate surface area is 163 Å². The van der Waals surface area contributed by atoms with Crippen molar-refractivity contribution in [3.8, 4) is 5.75 Å². The van der Waals surface area contributed by atoms with E-state index >= 15 is 0 Å². The van der Waals surface area contributed by atoms with Gasteiger partial charge in [-0.3, -0.25) is 9.89 Å². The first kappa shape index (κ1) is 20.3. The lowest BCUT2D eigenvalue weighted by atomic mass is 10.1. The normalized spacial score (nSPS) is 30.3. The van der Waals surface area contributed by atoms with E-state index in [2.05, 4.69) is 15.3 Å². The second-order valence-electron chi connectivity index (χ2n) is 6.67. The SMILES string of the molecule is CC/N=C1\C(=C(/C)NCc2ccc(O)cc2)N=CN1[C@@H]1O[C@H](CO)C(O)C1O. The van der Waals surface area contributed by atoms with Crippen molar-refractivity contribution < 1.29 is 25.2 Å². The molecule has 0 aromatic heterocycles. The van der Waals surface area contributed by atoms with Gasteiger partial charge in [-0.15, -0.1) is 0 Å². The molecule has 0 spiro atoms. The minimum Gasteiger partial charge on any atom is -0.508 e. The summed E-state index contributed by atoms with van der Waals surface area (Å²) in [5.74, 6) is 0.735. The van der Waals surface area contributed by atoms with Gasteiger partial charge < -0.3 is 30.5 Å². The van der Waals surface area contributed by atoms with Crippen molar-refractivity contribution in [3.63, 3.8) is 0 Å². The van der Waals surface area contributed by atoms with E-state index in [-0.39, 0.29) is 5.75 Å². The number of hydrogen-bond acceptors (Lipinski definition) is 8. The summed E-state index contributed by atoms with van der Waals surface area (Å²) < 4.78 is 5.60. The highest BCUT2D eigenvalue weighted by Gasteiger charge is 2.47. The second kappa shape index (κ2) is 8.70. The molecule has 28 heavy (non-hydrogen) atoms. The first-order valence-corrected chi connectivity index (χ1v) is 9.18. The van der Waals surface area contributed by atoms with Gasteiger partial charge in [-0.2, -0.15) is 0 Å². The molecule has 1 aromatic rings. The summed E-state index contributed by atoms with van der Waals surface area (Å²) in [6.07, 6.45) is -2.62. The minimum atomic E-state index is -1.20. The van der Waals surface area contributed by atoms with Crippen molar-refractivity contribution in [1.82, 2.24) is 10.2 Å². The third-order valence-electron chi connectivity index (χ3n) is 4.72. The molecule has 2 aliphatic rings. The molecule has 2 aliphatic heterocycles. The molecule has 0 radical (unpaired) electrons. The van der Waals surface area contributed by atoms with Crippen molar-refractivity contribution in [2.45, 2.75) is 44.9 Å². The summed E-state index contributed by atoms with van der Waals surface area (Å²) >= 11 is 0. The van der Waals surface area contributed by atoms with Crippen LogP contribution < -0.4 is 5.32 Å². The molecule has 5 N–H and O–H groups in total. The molecule has 152 valence electrons. The maximum atomic E-state index is 10.3. The number of nitrogens with one attached hydrogen (secondary N) is 1. The van der Waals surface area contributed by atoms with Gasteiger partial charge in [-0.05, 0) is 31.5 Å². The number of rotatable bonds is 6. The molecule has 2 heterocycles. The van der Waals surface area contributed by atoms with Crippen molar-refractivity contribution in [1.29, 1.82) is 0 Å². The Morgan fingerprint density at radius 1 is 1.25 bits per heavy atom. The van der Waals surface area contributed by atoms with Gasteiger partial charge in [0.1, 0.15) is 29.8 Å². The van der Waals surface area contributed by atoms with Crippen LogP contribution in [0.15, 0.2) is 45.6 Å². The summed E-state index contributed by atoms with van der Waals surface area (Å²) in [5, 5.41) is 42.3. The smallest absolute Gasteiger partial charge is 0.165 e. The molecular formula is C19H26N4O5. The van der Waals surface area contributed by atoms with Crippen LogP contribution in [0.4, 0.5) is 0 Å². The molecule has 0 saturated carbocycles. The molecule has 1 saturated heterocycles. The number of amidine groups is 1. The third-order valence-corrected chi connectivity index (χ3v) is 4.72. The fourth-order valence-electron chi connectivity index (χ4n) is 3.15. The molecule has 1 fully saturated rings. The summed E-state index contributed by atoms with van der Waals surface area (Å²) in [5.41, 5.74) is 2.39. The second-order valence-corrected chi connectivity index (χ2v) is 6.67. The van der Waals surface area contributed by atoms with Crippen LogP contribution in [0.2, 0.25) is 0 Å². The van der Waals surface area contributed by atoms with Gasteiger partial charge in [0.25, 0.3) is 0 Å². The molecule has 2 unspecified atom stereocenters. The molecule has 0 aliphatic carbocycles. The predicted octanol–water partition coefficient (Wildman–Crippen LogP) is -0.0854. The van der Waals surface area contributed by atoms with Crippen molar-refractivity contribution in [3.05, 3.63) is 41.2 Å².